The molecule has 0 spiro atoms. The lowest BCUT2D eigenvalue weighted by Crippen LogP contribution is -2.14. The minimum Gasteiger partial charge on any atom is -0.459 e. The van der Waals surface area contributed by atoms with Gasteiger partial charge in [-0.3, -0.25) is 9.89 Å². The third-order valence-electron chi connectivity index (χ3n) is 4.23. The lowest BCUT2D eigenvalue weighted by Gasteiger charge is -2.09. The maximum atomic E-state index is 12.8. The fourth-order valence-corrected chi connectivity index (χ4v) is 3.04. The molecule has 0 saturated heterocycles. The number of carbonyl (C=O) groups excluding carboxylic acids is 1. The van der Waals surface area contributed by atoms with Crippen molar-refractivity contribution in [3.05, 3.63) is 73.6 Å². The Kier molecular flexibility index (Phi) is 6.43. The minimum atomic E-state index is -0.552. The average Bonchev–Trinajstić information content (AvgIpc) is 2.96. The number of halogens is 2. The van der Waals surface area contributed by atoms with Crippen LogP contribution in [0.5, 0.6) is 0 Å². The van der Waals surface area contributed by atoms with Crippen molar-refractivity contribution in [3.63, 3.8) is 0 Å². The van der Waals surface area contributed by atoms with Gasteiger partial charge in [-0.2, -0.15) is 5.11 Å². The molecule has 0 aliphatic carbocycles. The zero-order valence-corrected chi connectivity index (χ0v) is 18.4. The first-order valence-corrected chi connectivity index (χ1v) is 9.93. The van der Waals surface area contributed by atoms with E-state index in [9.17, 15) is 9.59 Å². The van der Waals surface area contributed by atoms with E-state index in [4.69, 9.17) is 27.9 Å². The number of aryl methyl sites for hydroxylation is 2. The quantitative estimate of drug-likeness (QED) is 0.380. The summed E-state index contributed by atoms with van der Waals surface area (Å²) in [6, 6.07) is 9.90. The van der Waals surface area contributed by atoms with E-state index < -0.39 is 5.97 Å². The van der Waals surface area contributed by atoms with Gasteiger partial charge in [-0.1, -0.05) is 29.3 Å². The third-order valence-corrected chi connectivity index (χ3v) is 4.97. The predicted molar refractivity (Wildman–Crippen MR) is 117 cm³/mol. The molecule has 0 atom stereocenters. The van der Waals surface area contributed by atoms with Crippen LogP contribution >= 0.6 is 23.2 Å². The number of aromatic amines is 1. The highest BCUT2D eigenvalue weighted by molar-refractivity contribution is 6.33. The molecule has 3 aromatic rings. The maximum absolute atomic E-state index is 12.8. The maximum Gasteiger partial charge on any atom is 0.339 e. The first kappa shape index (κ1) is 21.8. The Balaban J connectivity index is 1.94. The van der Waals surface area contributed by atoms with Crippen LogP contribution in [0.2, 0.25) is 10.0 Å². The summed E-state index contributed by atoms with van der Waals surface area (Å²) >= 11 is 12.3. The Bertz CT molecular complexity index is 1200. The van der Waals surface area contributed by atoms with Gasteiger partial charge in [0.05, 0.1) is 33.8 Å². The first-order valence-electron chi connectivity index (χ1n) is 9.17. The van der Waals surface area contributed by atoms with Gasteiger partial charge in [0.1, 0.15) is 0 Å². The molecule has 0 unspecified atom stereocenters. The van der Waals surface area contributed by atoms with Gasteiger partial charge in [0.25, 0.3) is 5.56 Å². The Labute approximate surface area is 183 Å². The first-order chi connectivity index (χ1) is 14.2. The number of rotatable bonds is 5. The van der Waals surface area contributed by atoms with Crippen molar-refractivity contribution in [1.82, 2.24) is 9.78 Å². The highest BCUT2D eigenvalue weighted by Crippen LogP contribution is 2.26. The summed E-state index contributed by atoms with van der Waals surface area (Å²) in [4.78, 5) is 25.0. The molecule has 7 nitrogen and oxygen atoms in total. The second kappa shape index (κ2) is 8.85. The number of hydrogen-bond acceptors (Lipinski definition) is 5. The van der Waals surface area contributed by atoms with Gasteiger partial charge >= 0.3 is 5.97 Å². The summed E-state index contributed by atoms with van der Waals surface area (Å²) in [6.07, 6.45) is -0.282. The molecule has 0 fully saturated rings. The summed E-state index contributed by atoms with van der Waals surface area (Å²) in [7, 11) is 0. The lowest BCUT2D eigenvalue weighted by atomic mass is 10.2. The molecule has 0 bridgehead atoms. The number of nitrogens with one attached hydrogen (secondary N) is 1. The highest BCUT2D eigenvalue weighted by Gasteiger charge is 2.15. The zero-order valence-electron chi connectivity index (χ0n) is 16.9. The summed E-state index contributed by atoms with van der Waals surface area (Å²) < 4.78 is 6.53. The standard InChI is InChI=1S/C21H20Cl2N4O3/c1-11(2)30-21(29)16-9-14(6-8-17(16)22)24-25-19-13(4)26-27(20(19)28)15-7-5-12(3)18(23)10-15/h5-11,26H,1-4H3. The number of hydrogen-bond donors (Lipinski definition) is 1. The average molecular weight is 447 g/mol. The Hall–Kier alpha value is -2.90. The topological polar surface area (TPSA) is 88.8 Å². The van der Waals surface area contributed by atoms with Crippen LogP contribution in [0.25, 0.3) is 5.69 Å². The molecule has 30 heavy (non-hydrogen) atoms. The van der Waals surface area contributed by atoms with Crippen LogP contribution in [0.15, 0.2) is 51.4 Å². The van der Waals surface area contributed by atoms with Gasteiger partial charge in [0.15, 0.2) is 5.69 Å². The van der Waals surface area contributed by atoms with Crippen LogP contribution < -0.4 is 5.56 Å². The molecule has 156 valence electrons. The van der Waals surface area contributed by atoms with E-state index in [0.717, 1.165) is 5.56 Å². The zero-order chi connectivity index (χ0) is 22.0. The van der Waals surface area contributed by atoms with Gasteiger partial charge < -0.3 is 4.74 Å². The fourth-order valence-electron chi connectivity index (χ4n) is 2.68. The molecule has 0 saturated carbocycles. The summed E-state index contributed by atoms with van der Waals surface area (Å²) in [5.41, 5.74) is 2.35. The minimum absolute atomic E-state index is 0.146. The molecule has 2 aromatic carbocycles. The molecule has 3 rings (SSSR count). The number of H-pyrrole nitrogens is 1. The number of ether oxygens (including phenoxy) is 1. The summed E-state index contributed by atoms with van der Waals surface area (Å²) in [6.45, 7) is 7.09. The van der Waals surface area contributed by atoms with Crippen LogP contribution in [-0.4, -0.2) is 21.9 Å². The van der Waals surface area contributed by atoms with Crippen LogP contribution in [0, 0.1) is 13.8 Å². The number of benzene rings is 2. The number of carbonyl (C=O) groups is 1. The van der Waals surface area contributed by atoms with Crippen molar-refractivity contribution < 1.29 is 9.53 Å². The Morgan fingerprint density at radius 1 is 1.07 bits per heavy atom. The number of esters is 1. The smallest absolute Gasteiger partial charge is 0.339 e. The van der Waals surface area contributed by atoms with Crippen LogP contribution in [0.3, 0.4) is 0 Å². The van der Waals surface area contributed by atoms with Crippen molar-refractivity contribution in [2.75, 3.05) is 0 Å². The van der Waals surface area contributed by atoms with E-state index in [2.05, 4.69) is 15.3 Å². The van der Waals surface area contributed by atoms with Crippen LogP contribution in [0.1, 0.15) is 35.5 Å². The fraction of sp³-hybridized carbons (Fsp3) is 0.238. The van der Waals surface area contributed by atoms with Gasteiger partial charge in [0.2, 0.25) is 0 Å². The lowest BCUT2D eigenvalue weighted by molar-refractivity contribution is 0.0378. The van der Waals surface area contributed by atoms with Crippen LogP contribution in [0.4, 0.5) is 11.4 Å². The molecular formula is C21H20Cl2N4O3. The summed E-state index contributed by atoms with van der Waals surface area (Å²) in [5.74, 6) is -0.552. The van der Waals surface area contributed by atoms with Crippen LogP contribution in [-0.2, 0) is 4.74 Å². The van der Waals surface area contributed by atoms with E-state index in [-0.39, 0.29) is 27.9 Å². The molecule has 0 aliphatic rings. The molecule has 0 radical (unpaired) electrons. The van der Waals surface area contributed by atoms with Crippen molar-refractivity contribution >= 4 is 40.5 Å². The van der Waals surface area contributed by atoms with Crippen molar-refractivity contribution in [1.29, 1.82) is 0 Å². The van der Waals surface area contributed by atoms with E-state index in [1.165, 1.54) is 16.8 Å². The molecule has 9 heteroatoms. The molecule has 0 amide bonds. The molecule has 1 heterocycles. The molecule has 1 aromatic heterocycles. The molecule has 0 aliphatic heterocycles. The third kappa shape index (κ3) is 4.63. The Morgan fingerprint density at radius 3 is 2.47 bits per heavy atom. The van der Waals surface area contributed by atoms with Crippen molar-refractivity contribution in [2.24, 2.45) is 10.2 Å². The second-order valence-corrected chi connectivity index (χ2v) is 7.79. The molecule has 1 N–H and O–H groups in total. The molecular weight excluding hydrogens is 427 g/mol. The Morgan fingerprint density at radius 2 is 1.80 bits per heavy atom. The van der Waals surface area contributed by atoms with Gasteiger partial charge in [0, 0.05) is 5.02 Å². The number of azo groups is 1. The SMILES string of the molecule is Cc1ccc(-n2[nH]c(C)c(N=Nc3ccc(Cl)c(C(=O)OC(C)C)c3)c2=O)cc1Cl. The van der Waals surface area contributed by atoms with E-state index in [0.29, 0.717) is 22.1 Å². The second-order valence-electron chi connectivity index (χ2n) is 6.98. The normalized spacial score (nSPS) is 11.4. The van der Waals surface area contributed by atoms with Crippen molar-refractivity contribution in [3.8, 4) is 5.69 Å². The van der Waals surface area contributed by atoms with E-state index in [1.807, 2.05) is 13.0 Å². The monoisotopic (exact) mass is 446 g/mol. The van der Waals surface area contributed by atoms with Gasteiger partial charge in [-0.05, 0) is 63.6 Å². The summed E-state index contributed by atoms with van der Waals surface area (Å²) in [5, 5.41) is 12.0. The largest absolute Gasteiger partial charge is 0.459 e. The van der Waals surface area contributed by atoms with Gasteiger partial charge in [-0.25, -0.2) is 9.48 Å². The number of nitrogens with zero attached hydrogens (tertiary/aromatic N) is 3. The van der Waals surface area contributed by atoms with E-state index >= 15 is 0 Å². The van der Waals surface area contributed by atoms with Gasteiger partial charge in [-0.15, -0.1) is 5.11 Å². The van der Waals surface area contributed by atoms with E-state index in [1.54, 1.807) is 39.0 Å². The predicted octanol–water partition coefficient (Wildman–Crippen LogP) is 6.07. The number of aromatic nitrogens is 2. The highest BCUT2D eigenvalue weighted by atomic mass is 35.5. The van der Waals surface area contributed by atoms with Crippen molar-refractivity contribution in [2.45, 2.75) is 33.8 Å².